The maximum absolute atomic E-state index is 6.11. The van der Waals surface area contributed by atoms with E-state index in [1.165, 1.54) is 17.7 Å². The summed E-state index contributed by atoms with van der Waals surface area (Å²) >= 11 is 1.77. The van der Waals surface area contributed by atoms with Crippen LogP contribution in [-0.2, 0) is 15.9 Å². The smallest absolute Gasteiger partial charge is 0.0794 e. The molecule has 1 saturated heterocycles. The Bertz CT molecular complexity index is 408. The zero-order valence-electron chi connectivity index (χ0n) is 12.1. The van der Waals surface area contributed by atoms with Crippen molar-refractivity contribution in [2.75, 3.05) is 33.4 Å². The molecule has 1 aliphatic carbocycles. The minimum Gasteiger partial charge on any atom is -0.383 e. The second-order valence-corrected chi connectivity index (χ2v) is 7.03. The van der Waals surface area contributed by atoms with Crippen molar-refractivity contribution in [3.8, 4) is 0 Å². The molecule has 20 heavy (non-hydrogen) atoms. The number of ether oxygens (including phenoxy) is 2. The van der Waals surface area contributed by atoms with Crippen LogP contribution < -0.4 is 5.32 Å². The van der Waals surface area contributed by atoms with Gasteiger partial charge < -0.3 is 14.8 Å². The van der Waals surface area contributed by atoms with Crippen molar-refractivity contribution in [2.24, 2.45) is 11.3 Å². The molecular weight excluding hydrogens is 272 g/mol. The van der Waals surface area contributed by atoms with E-state index in [1.54, 1.807) is 18.4 Å². The molecule has 5 heteroatoms. The van der Waals surface area contributed by atoms with Crippen LogP contribution in [0.3, 0.4) is 0 Å². The lowest BCUT2D eigenvalue weighted by Crippen LogP contribution is -2.44. The Balaban J connectivity index is 1.68. The summed E-state index contributed by atoms with van der Waals surface area (Å²) < 4.78 is 11.2. The molecule has 1 aliphatic heterocycles. The van der Waals surface area contributed by atoms with Gasteiger partial charge in [0, 0.05) is 43.3 Å². The van der Waals surface area contributed by atoms with Gasteiger partial charge in [-0.05, 0) is 31.6 Å². The van der Waals surface area contributed by atoms with E-state index in [9.17, 15) is 0 Å². The van der Waals surface area contributed by atoms with Gasteiger partial charge in [-0.15, -0.1) is 11.3 Å². The lowest BCUT2D eigenvalue weighted by atomic mass is 9.75. The minimum atomic E-state index is 0.251. The second kappa shape index (κ2) is 6.52. The summed E-state index contributed by atoms with van der Waals surface area (Å²) in [5.74, 6) is 0.787. The molecule has 1 N–H and O–H groups in total. The van der Waals surface area contributed by atoms with Crippen molar-refractivity contribution >= 4 is 11.3 Å². The minimum absolute atomic E-state index is 0.251. The van der Waals surface area contributed by atoms with E-state index in [1.807, 2.05) is 11.7 Å². The molecule has 1 aromatic rings. The van der Waals surface area contributed by atoms with Gasteiger partial charge in [0.2, 0.25) is 0 Å². The fraction of sp³-hybridized carbons (Fsp3) is 0.800. The Morgan fingerprint density at radius 1 is 1.55 bits per heavy atom. The molecule has 0 bridgehead atoms. The molecule has 1 aromatic heterocycles. The number of nitrogens with one attached hydrogen (secondary N) is 1. The number of methoxy groups -OCH3 is 1. The van der Waals surface area contributed by atoms with Gasteiger partial charge in [0.05, 0.1) is 18.2 Å². The largest absolute Gasteiger partial charge is 0.383 e. The maximum Gasteiger partial charge on any atom is 0.0794 e. The Labute approximate surface area is 124 Å². The molecule has 2 aliphatic rings. The van der Waals surface area contributed by atoms with Crippen LogP contribution in [-0.4, -0.2) is 44.5 Å². The summed E-state index contributed by atoms with van der Waals surface area (Å²) in [6.45, 7) is 3.62. The molecule has 0 amide bonds. The van der Waals surface area contributed by atoms with Gasteiger partial charge in [0.1, 0.15) is 0 Å². The van der Waals surface area contributed by atoms with Gasteiger partial charge >= 0.3 is 0 Å². The molecule has 1 saturated carbocycles. The summed E-state index contributed by atoms with van der Waals surface area (Å²) in [7, 11) is 1.75. The average molecular weight is 296 g/mol. The predicted molar refractivity (Wildman–Crippen MR) is 80.1 cm³/mol. The number of hydrogen-bond donors (Lipinski definition) is 1. The van der Waals surface area contributed by atoms with Crippen molar-refractivity contribution in [1.82, 2.24) is 10.3 Å². The SMILES string of the molecule is COCCNCC1(Cc2cncs2)CCOC1C1CC1. The van der Waals surface area contributed by atoms with E-state index in [-0.39, 0.29) is 5.41 Å². The van der Waals surface area contributed by atoms with Gasteiger partial charge in [-0.25, -0.2) is 0 Å². The van der Waals surface area contributed by atoms with Crippen LogP contribution in [0.25, 0.3) is 0 Å². The number of aromatic nitrogens is 1. The zero-order valence-corrected chi connectivity index (χ0v) is 13.0. The number of thiazole rings is 1. The summed E-state index contributed by atoms with van der Waals surface area (Å²) in [5, 5.41) is 3.57. The van der Waals surface area contributed by atoms with Crippen LogP contribution in [0.1, 0.15) is 24.1 Å². The summed E-state index contributed by atoms with van der Waals surface area (Å²) in [4.78, 5) is 5.61. The Morgan fingerprint density at radius 3 is 3.15 bits per heavy atom. The summed E-state index contributed by atoms with van der Waals surface area (Å²) in [5.41, 5.74) is 2.19. The fourth-order valence-electron chi connectivity index (χ4n) is 3.37. The Hall–Kier alpha value is -0.490. The molecule has 2 atom stereocenters. The molecule has 0 radical (unpaired) electrons. The van der Waals surface area contributed by atoms with E-state index in [0.717, 1.165) is 45.1 Å². The first-order chi connectivity index (χ1) is 9.84. The van der Waals surface area contributed by atoms with E-state index < -0.39 is 0 Å². The van der Waals surface area contributed by atoms with Crippen molar-refractivity contribution < 1.29 is 9.47 Å². The van der Waals surface area contributed by atoms with Crippen LogP contribution in [0.15, 0.2) is 11.7 Å². The lowest BCUT2D eigenvalue weighted by molar-refractivity contribution is 0.0303. The monoisotopic (exact) mass is 296 g/mol. The summed E-state index contributed by atoms with van der Waals surface area (Å²) in [6, 6.07) is 0. The highest BCUT2D eigenvalue weighted by atomic mass is 32.1. The fourth-order valence-corrected chi connectivity index (χ4v) is 4.12. The van der Waals surface area contributed by atoms with E-state index in [2.05, 4.69) is 10.3 Å². The number of nitrogens with zero attached hydrogens (tertiary/aromatic N) is 1. The molecule has 0 spiro atoms. The third-order valence-electron chi connectivity index (χ3n) is 4.52. The molecule has 0 aromatic carbocycles. The highest BCUT2D eigenvalue weighted by molar-refractivity contribution is 7.09. The summed E-state index contributed by atoms with van der Waals surface area (Å²) in [6.07, 6.45) is 7.38. The third-order valence-corrected chi connectivity index (χ3v) is 5.30. The first-order valence-corrected chi connectivity index (χ1v) is 8.41. The lowest BCUT2D eigenvalue weighted by Gasteiger charge is -2.34. The molecule has 112 valence electrons. The van der Waals surface area contributed by atoms with Crippen LogP contribution >= 0.6 is 11.3 Å². The molecule has 2 fully saturated rings. The van der Waals surface area contributed by atoms with Crippen molar-refractivity contribution in [3.63, 3.8) is 0 Å². The van der Waals surface area contributed by atoms with Gasteiger partial charge in [0.25, 0.3) is 0 Å². The van der Waals surface area contributed by atoms with Crippen LogP contribution in [0, 0.1) is 11.3 Å². The van der Waals surface area contributed by atoms with Crippen molar-refractivity contribution in [2.45, 2.75) is 31.8 Å². The Kier molecular flexibility index (Phi) is 4.71. The normalized spacial score (nSPS) is 29.9. The molecule has 2 unspecified atom stereocenters. The highest BCUT2D eigenvalue weighted by Crippen LogP contribution is 2.49. The first-order valence-electron chi connectivity index (χ1n) is 7.53. The molecular formula is C15H24N2O2S. The van der Waals surface area contributed by atoms with E-state index in [0.29, 0.717) is 6.10 Å². The number of hydrogen-bond acceptors (Lipinski definition) is 5. The van der Waals surface area contributed by atoms with Crippen LogP contribution in [0.5, 0.6) is 0 Å². The molecule has 4 nitrogen and oxygen atoms in total. The maximum atomic E-state index is 6.11. The van der Waals surface area contributed by atoms with Gasteiger partial charge in [0.15, 0.2) is 0 Å². The molecule has 2 heterocycles. The van der Waals surface area contributed by atoms with E-state index in [4.69, 9.17) is 9.47 Å². The van der Waals surface area contributed by atoms with Crippen molar-refractivity contribution in [1.29, 1.82) is 0 Å². The molecule has 3 rings (SSSR count). The topological polar surface area (TPSA) is 43.4 Å². The average Bonchev–Trinajstić information content (AvgIpc) is 3.01. The van der Waals surface area contributed by atoms with Gasteiger partial charge in [-0.2, -0.15) is 0 Å². The zero-order chi connectivity index (χ0) is 13.8. The second-order valence-electron chi connectivity index (χ2n) is 6.06. The van der Waals surface area contributed by atoms with Crippen LogP contribution in [0.2, 0.25) is 0 Å². The Morgan fingerprint density at radius 2 is 2.45 bits per heavy atom. The van der Waals surface area contributed by atoms with Gasteiger partial charge in [-0.1, -0.05) is 0 Å². The number of rotatable bonds is 8. The van der Waals surface area contributed by atoms with Crippen LogP contribution in [0.4, 0.5) is 0 Å². The highest BCUT2D eigenvalue weighted by Gasteiger charge is 2.50. The standard InChI is InChI=1S/C15H24N2O2S/c1-18-7-5-16-10-15(8-13-9-17-11-20-13)4-6-19-14(15)12-2-3-12/h9,11-12,14,16H,2-8,10H2,1H3. The van der Waals surface area contributed by atoms with E-state index >= 15 is 0 Å². The van der Waals surface area contributed by atoms with Crippen molar-refractivity contribution in [3.05, 3.63) is 16.6 Å². The quantitative estimate of drug-likeness (QED) is 0.746. The first kappa shape index (κ1) is 14.4. The predicted octanol–water partition coefficient (Wildman–Crippen LogP) is 2.11. The van der Waals surface area contributed by atoms with Gasteiger partial charge in [-0.3, -0.25) is 4.98 Å². The third kappa shape index (κ3) is 3.22.